The summed E-state index contributed by atoms with van der Waals surface area (Å²) in [5.41, 5.74) is 14.8. The number of halogens is 1. The van der Waals surface area contributed by atoms with Gasteiger partial charge < -0.3 is 35.8 Å². The number of hydrogen-bond donors (Lipinski definition) is 3. The van der Waals surface area contributed by atoms with Gasteiger partial charge in [-0.05, 0) is 135 Å². The molecule has 8 heterocycles. The minimum Gasteiger partial charge on any atom is -0.444 e. The van der Waals surface area contributed by atoms with Gasteiger partial charge in [0.15, 0.2) is 11.3 Å². The van der Waals surface area contributed by atoms with Crippen LogP contribution in [-0.4, -0.2) is 108 Å². The highest BCUT2D eigenvalue weighted by Gasteiger charge is 2.32. The first-order valence-corrected chi connectivity index (χ1v) is 25.2. The molecule has 4 saturated heterocycles. The van der Waals surface area contributed by atoms with E-state index in [2.05, 4.69) is 46.5 Å². The van der Waals surface area contributed by atoms with Crippen molar-refractivity contribution < 1.29 is 19.1 Å². The molecule has 0 unspecified atom stereocenters. The molecular weight excluding hydrogens is 904 g/mol. The van der Waals surface area contributed by atoms with Gasteiger partial charge in [0.1, 0.15) is 17.2 Å². The number of nitrogens with zero attached hydrogens (tertiary/aromatic N) is 9. The van der Waals surface area contributed by atoms with Crippen LogP contribution in [0.1, 0.15) is 139 Å². The van der Waals surface area contributed by atoms with Crippen LogP contribution < -0.4 is 26.2 Å². The van der Waals surface area contributed by atoms with Gasteiger partial charge in [0.05, 0.1) is 29.5 Å². The van der Waals surface area contributed by atoms with Crippen molar-refractivity contribution >= 4 is 51.8 Å². The lowest BCUT2D eigenvalue weighted by Crippen LogP contribution is -2.40. The molecule has 0 aliphatic carbocycles. The Morgan fingerprint density at radius 2 is 1.30 bits per heavy atom. The second kappa shape index (κ2) is 21.9. The van der Waals surface area contributed by atoms with Crippen LogP contribution in [0.25, 0.3) is 11.3 Å². The lowest BCUT2D eigenvalue weighted by atomic mass is 9.97. The quantitative estimate of drug-likeness (QED) is 0.130. The highest BCUT2D eigenvalue weighted by Crippen LogP contribution is 2.34. The maximum Gasteiger partial charge on any atom is 0.407 e. The molecule has 0 bridgehead atoms. The summed E-state index contributed by atoms with van der Waals surface area (Å²) in [6.45, 7) is 18.8. The summed E-state index contributed by atoms with van der Waals surface area (Å²) in [6.07, 6.45) is 12.3. The molecule has 2 aromatic carbocycles. The maximum atomic E-state index is 13.4. The molecule has 4 aliphatic rings. The van der Waals surface area contributed by atoms with Crippen LogP contribution in [0.3, 0.4) is 0 Å². The van der Waals surface area contributed by atoms with Crippen LogP contribution in [0, 0.1) is 27.7 Å². The number of ether oxygens (including phenoxy) is 1. The minimum atomic E-state index is -0.488. The molecule has 2 amide bonds. The van der Waals surface area contributed by atoms with E-state index in [1.165, 1.54) is 12.8 Å². The fraction of sp³-hybridized carbons (Fsp3) is 0.491. The Morgan fingerprint density at radius 3 is 1.87 bits per heavy atom. The zero-order valence-corrected chi connectivity index (χ0v) is 42.5. The van der Waals surface area contributed by atoms with Crippen molar-refractivity contribution in [2.45, 2.75) is 130 Å². The van der Waals surface area contributed by atoms with Crippen molar-refractivity contribution in [2.24, 2.45) is 5.73 Å². The highest BCUT2D eigenvalue weighted by molar-refractivity contribution is 6.67. The topological polar surface area (TPSA) is 181 Å². The van der Waals surface area contributed by atoms with Crippen molar-refractivity contribution in [3.8, 4) is 0 Å². The largest absolute Gasteiger partial charge is 0.444 e. The highest BCUT2D eigenvalue weighted by atomic mass is 35.5. The number of fused-ring (bicyclic) bond motifs is 2. The summed E-state index contributed by atoms with van der Waals surface area (Å²) in [5.74, 6) is 2.05. The summed E-state index contributed by atoms with van der Waals surface area (Å²) < 4.78 is 9.12. The number of alkyl carbamates (subject to hydrolysis) is 1. The van der Waals surface area contributed by atoms with Crippen LogP contribution in [0.4, 0.5) is 16.4 Å². The maximum absolute atomic E-state index is 13.4. The van der Waals surface area contributed by atoms with E-state index in [0.717, 1.165) is 140 Å². The van der Waals surface area contributed by atoms with Gasteiger partial charge in [0.2, 0.25) is 0 Å². The molecular formula is C53H69ClN12O4. The molecule has 0 spiro atoms. The second-order valence-electron chi connectivity index (χ2n) is 20.2. The molecule has 4 aliphatic heterocycles. The summed E-state index contributed by atoms with van der Waals surface area (Å²) >= 11 is 5.27. The summed E-state index contributed by atoms with van der Waals surface area (Å²) in [6, 6.07) is 19.8. The van der Waals surface area contributed by atoms with E-state index in [9.17, 15) is 14.4 Å². The fourth-order valence-electron chi connectivity index (χ4n) is 9.88. The standard InChI is InChI=1S/C24H30N6O.C21H32N6O2.C8H7ClO/c1-16-7-3-4-8-19(16)24(31)29-11-6-5-9-21(29)20-13-22-26-23(17(2)14-30(22)27-20)28-12-10-18(25)15-28;1-14-12-27-18(11-17(25-27)16-7-5-6-9-22-16)24-19(14)26-10-8-15(13-26)23-20(28)29-21(2,3)4;1-6-4-2-3-5-7(6)8(9)10/h3-4,7-8,13-14,18,21H,5-6,9-12,15,25H2,1-2H3;11-12,15-16,22H,5-10,13H2,1-4H3,(H,23,28);2-5H,1H3/t18-,21-;15-,16-;/m00./s1. The number of likely N-dealkylation sites (tertiary alicyclic amines) is 1. The SMILES string of the molecule is Cc1ccccc1C(=O)Cl.Cc1ccccc1C(=O)N1CCCC[C@H]1c1cc2nc(N3CC[C@H](N)C3)c(C)cn2n1.Cc1cn2nc([C@@H]3CCCCN3)cc2nc1N1CC[C@H](NC(=O)OC(C)(C)C)C1. The first-order chi connectivity index (χ1) is 33.5. The van der Waals surface area contributed by atoms with Gasteiger partial charge in [-0.25, -0.2) is 23.8 Å². The van der Waals surface area contributed by atoms with Gasteiger partial charge in [-0.3, -0.25) is 9.59 Å². The number of rotatable bonds is 7. The molecule has 4 atom stereocenters. The number of carbonyl (C=O) groups excluding carboxylic acids is 3. The smallest absolute Gasteiger partial charge is 0.407 e. The Balaban J connectivity index is 0.000000158. The zero-order valence-electron chi connectivity index (χ0n) is 41.8. The molecule has 372 valence electrons. The van der Waals surface area contributed by atoms with Crippen LogP contribution in [0.15, 0.2) is 73.1 Å². The molecule has 16 nitrogen and oxygen atoms in total. The average Bonchev–Trinajstić information content (AvgIpc) is 4.16. The number of piperidine rings is 2. The molecule has 17 heteroatoms. The first kappa shape index (κ1) is 50.3. The number of hydrogen-bond acceptors (Lipinski definition) is 12. The van der Waals surface area contributed by atoms with Crippen LogP contribution in [0.5, 0.6) is 0 Å². The average molecular weight is 974 g/mol. The predicted molar refractivity (Wildman–Crippen MR) is 275 cm³/mol. The van der Waals surface area contributed by atoms with Crippen molar-refractivity contribution in [1.29, 1.82) is 0 Å². The van der Waals surface area contributed by atoms with Crippen LogP contribution >= 0.6 is 11.6 Å². The third-order valence-electron chi connectivity index (χ3n) is 13.5. The van der Waals surface area contributed by atoms with E-state index in [0.29, 0.717) is 11.6 Å². The Bertz CT molecular complexity index is 2810. The van der Waals surface area contributed by atoms with E-state index in [4.69, 9.17) is 42.2 Å². The van der Waals surface area contributed by atoms with Crippen LogP contribution in [-0.2, 0) is 4.74 Å². The predicted octanol–water partition coefficient (Wildman–Crippen LogP) is 8.58. The minimum absolute atomic E-state index is 0.0217. The Labute approximate surface area is 416 Å². The summed E-state index contributed by atoms with van der Waals surface area (Å²) in [4.78, 5) is 52.4. The van der Waals surface area contributed by atoms with E-state index < -0.39 is 10.8 Å². The zero-order chi connectivity index (χ0) is 49.7. The first-order valence-electron chi connectivity index (χ1n) is 24.9. The van der Waals surface area contributed by atoms with Crippen molar-refractivity contribution in [2.75, 3.05) is 49.1 Å². The van der Waals surface area contributed by atoms with Crippen molar-refractivity contribution in [3.63, 3.8) is 0 Å². The van der Waals surface area contributed by atoms with E-state index in [-0.39, 0.29) is 30.1 Å². The molecule has 70 heavy (non-hydrogen) atoms. The van der Waals surface area contributed by atoms with Gasteiger partial charge in [0, 0.05) is 85.5 Å². The number of nitrogens with one attached hydrogen (secondary N) is 2. The lowest BCUT2D eigenvalue weighted by molar-refractivity contribution is 0.0508. The number of carbonyl (C=O) groups is 3. The monoisotopic (exact) mass is 973 g/mol. The van der Waals surface area contributed by atoms with Gasteiger partial charge in [-0.15, -0.1) is 0 Å². The van der Waals surface area contributed by atoms with Gasteiger partial charge in [-0.2, -0.15) is 10.2 Å². The number of amides is 2. The third-order valence-corrected chi connectivity index (χ3v) is 13.7. The molecule has 4 aromatic heterocycles. The van der Waals surface area contributed by atoms with Gasteiger partial charge >= 0.3 is 6.09 Å². The Kier molecular flexibility index (Phi) is 15.7. The van der Waals surface area contributed by atoms with E-state index >= 15 is 0 Å². The number of aryl methyl sites for hydroxylation is 4. The van der Waals surface area contributed by atoms with E-state index in [1.807, 2.05) is 97.2 Å². The second-order valence-corrected chi connectivity index (χ2v) is 20.6. The molecule has 0 radical (unpaired) electrons. The van der Waals surface area contributed by atoms with Crippen molar-refractivity contribution in [1.82, 2.24) is 44.7 Å². The molecule has 0 saturated carbocycles. The summed E-state index contributed by atoms with van der Waals surface area (Å²) in [7, 11) is 0. The number of benzene rings is 2. The Hall–Kier alpha value is -6.10. The normalized spacial score (nSPS) is 20.4. The molecule has 6 aromatic rings. The lowest BCUT2D eigenvalue weighted by Gasteiger charge is -2.35. The molecule has 4 N–H and O–H groups in total. The third kappa shape index (κ3) is 12.1. The van der Waals surface area contributed by atoms with Gasteiger partial charge in [-0.1, -0.05) is 42.8 Å². The number of anilines is 2. The molecule has 10 rings (SSSR count). The van der Waals surface area contributed by atoms with Gasteiger partial charge in [0.25, 0.3) is 11.1 Å². The van der Waals surface area contributed by atoms with Crippen LogP contribution in [0.2, 0.25) is 0 Å². The number of aromatic nitrogens is 6. The fourth-order valence-corrected chi connectivity index (χ4v) is 10.1. The summed E-state index contributed by atoms with van der Waals surface area (Å²) in [5, 5.41) is 15.7. The number of nitrogens with two attached hydrogens (primary N) is 1. The Morgan fingerprint density at radius 1 is 0.714 bits per heavy atom. The van der Waals surface area contributed by atoms with E-state index in [1.54, 1.807) is 12.1 Å². The van der Waals surface area contributed by atoms with Crippen molar-refractivity contribution in [3.05, 3.63) is 118 Å². The molecule has 4 fully saturated rings.